The summed E-state index contributed by atoms with van der Waals surface area (Å²) in [5, 5.41) is 9.88. The maximum Gasteiger partial charge on any atom is 0.243 e. The Balaban J connectivity index is 1.35. The molecule has 2 aliphatic heterocycles. The Labute approximate surface area is 154 Å². The van der Waals surface area contributed by atoms with Crippen LogP contribution < -0.4 is 16.0 Å². The van der Waals surface area contributed by atoms with E-state index in [4.69, 9.17) is 0 Å². The molecule has 0 aromatic heterocycles. The van der Waals surface area contributed by atoms with E-state index in [-0.39, 0.29) is 23.8 Å². The Morgan fingerprint density at radius 1 is 1.27 bits per heavy atom. The number of piperazine rings is 1. The molecule has 142 valence electrons. The number of hydrogen-bond donors (Lipinski definition) is 3. The molecule has 0 spiro atoms. The van der Waals surface area contributed by atoms with Gasteiger partial charge in [0.05, 0.1) is 0 Å². The van der Waals surface area contributed by atoms with E-state index in [1.807, 2.05) is 6.92 Å². The number of fused-ring (bicyclic) bond motifs is 1. The van der Waals surface area contributed by atoms with Crippen LogP contribution >= 0.6 is 0 Å². The first-order valence-electron chi connectivity index (χ1n) is 9.91. The molecule has 26 heavy (non-hydrogen) atoms. The van der Waals surface area contributed by atoms with Crippen LogP contribution in [0, 0.1) is 12.7 Å². The highest BCUT2D eigenvalue weighted by atomic mass is 19.1. The monoisotopic (exact) mass is 360 g/mol. The van der Waals surface area contributed by atoms with Crippen LogP contribution in [0.2, 0.25) is 0 Å². The average Bonchev–Trinajstić information content (AvgIpc) is 3.13. The van der Waals surface area contributed by atoms with Crippen molar-refractivity contribution in [2.75, 3.05) is 31.5 Å². The normalized spacial score (nSPS) is 29.1. The molecule has 5 nitrogen and oxygen atoms in total. The molecular weight excluding hydrogens is 331 g/mol. The Bertz CT molecular complexity index is 643. The highest BCUT2D eigenvalue weighted by molar-refractivity contribution is 5.88. The van der Waals surface area contributed by atoms with Gasteiger partial charge < -0.3 is 16.0 Å². The standard InChI is InChI=1S/C20H29FN4O/c1-13-5-6-17(21)16-12-18(24-19(13)16)20(26)23-14-3-2-4-15(11-14)25-9-7-22-8-10-25/h5-6,14-15,18,22,24H,2-4,7-12H2,1H3,(H,23,26)/t14-,15-,18?/m1/s1. The Kier molecular flexibility index (Phi) is 5.14. The number of hydrogen-bond acceptors (Lipinski definition) is 4. The van der Waals surface area contributed by atoms with E-state index in [1.165, 1.54) is 12.5 Å². The molecule has 1 aliphatic carbocycles. The van der Waals surface area contributed by atoms with Gasteiger partial charge in [0.2, 0.25) is 5.91 Å². The van der Waals surface area contributed by atoms with Gasteiger partial charge in [0.25, 0.3) is 0 Å². The molecule has 2 heterocycles. The maximum atomic E-state index is 14.0. The number of carbonyl (C=O) groups is 1. The summed E-state index contributed by atoms with van der Waals surface area (Å²) in [5.74, 6) is -0.212. The number of nitrogens with zero attached hydrogens (tertiary/aromatic N) is 1. The van der Waals surface area contributed by atoms with E-state index in [1.54, 1.807) is 6.07 Å². The summed E-state index contributed by atoms with van der Waals surface area (Å²) in [7, 11) is 0. The smallest absolute Gasteiger partial charge is 0.243 e. The minimum atomic E-state index is -0.361. The predicted octanol–water partition coefficient (Wildman–Crippen LogP) is 1.80. The molecule has 0 bridgehead atoms. The summed E-state index contributed by atoms with van der Waals surface area (Å²) < 4.78 is 14.0. The molecule has 3 aliphatic rings. The first-order chi connectivity index (χ1) is 12.6. The lowest BCUT2D eigenvalue weighted by Gasteiger charge is -2.40. The summed E-state index contributed by atoms with van der Waals surface area (Å²) in [6.45, 7) is 6.27. The predicted molar refractivity (Wildman–Crippen MR) is 101 cm³/mol. The average molecular weight is 360 g/mol. The van der Waals surface area contributed by atoms with Crippen molar-refractivity contribution in [1.82, 2.24) is 15.5 Å². The third kappa shape index (κ3) is 3.58. The van der Waals surface area contributed by atoms with Crippen LogP contribution in [0.3, 0.4) is 0 Å². The SMILES string of the molecule is Cc1ccc(F)c2c1NC(C(=O)N[C@@H]1CCC[C@@H](N3CCNCC3)C1)C2. The van der Waals surface area contributed by atoms with Gasteiger partial charge in [0.15, 0.2) is 0 Å². The lowest BCUT2D eigenvalue weighted by atomic mass is 9.89. The first-order valence-corrected chi connectivity index (χ1v) is 9.91. The second-order valence-electron chi connectivity index (χ2n) is 7.93. The van der Waals surface area contributed by atoms with Gasteiger partial charge in [-0.3, -0.25) is 9.69 Å². The van der Waals surface area contributed by atoms with Crippen molar-refractivity contribution in [3.05, 3.63) is 29.1 Å². The third-order valence-corrected chi connectivity index (χ3v) is 6.17. The molecular formula is C20H29FN4O. The van der Waals surface area contributed by atoms with E-state index in [0.717, 1.165) is 56.7 Å². The number of rotatable bonds is 3. The van der Waals surface area contributed by atoms with E-state index >= 15 is 0 Å². The Morgan fingerprint density at radius 2 is 2.08 bits per heavy atom. The summed E-state index contributed by atoms with van der Waals surface area (Å²) >= 11 is 0. The zero-order chi connectivity index (χ0) is 18.1. The van der Waals surface area contributed by atoms with Crippen LogP contribution in [0.1, 0.15) is 36.8 Å². The number of carbonyl (C=O) groups excluding carboxylic acids is 1. The molecule has 0 radical (unpaired) electrons. The van der Waals surface area contributed by atoms with Crippen molar-refractivity contribution in [1.29, 1.82) is 0 Å². The molecule has 1 amide bonds. The van der Waals surface area contributed by atoms with Crippen molar-refractivity contribution < 1.29 is 9.18 Å². The zero-order valence-corrected chi connectivity index (χ0v) is 15.5. The second kappa shape index (κ2) is 7.53. The van der Waals surface area contributed by atoms with Gasteiger partial charge in [-0.1, -0.05) is 6.07 Å². The highest BCUT2D eigenvalue weighted by Crippen LogP contribution is 2.32. The summed E-state index contributed by atoms with van der Waals surface area (Å²) in [6, 6.07) is 3.70. The van der Waals surface area contributed by atoms with Crippen molar-refractivity contribution >= 4 is 11.6 Å². The van der Waals surface area contributed by atoms with Gasteiger partial charge in [-0.2, -0.15) is 0 Å². The van der Waals surface area contributed by atoms with E-state index < -0.39 is 0 Å². The van der Waals surface area contributed by atoms with Crippen LogP contribution in [0.25, 0.3) is 0 Å². The molecule has 4 rings (SSSR count). The van der Waals surface area contributed by atoms with Gasteiger partial charge in [-0.05, 0) is 44.2 Å². The van der Waals surface area contributed by atoms with Crippen LogP contribution in [-0.4, -0.2) is 55.1 Å². The number of halogens is 1. The number of anilines is 1. The highest BCUT2D eigenvalue weighted by Gasteiger charge is 2.33. The summed E-state index contributed by atoms with van der Waals surface area (Å²) in [6.07, 6.45) is 4.89. The van der Waals surface area contributed by atoms with Gasteiger partial charge in [-0.15, -0.1) is 0 Å². The molecule has 1 saturated carbocycles. The van der Waals surface area contributed by atoms with E-state index in [2.05, 4.69) is 20.9 Å². The number of aryl methyl sites for hydroxylation is 1. The van der Waals surface area contributed by atoms with Crippen LogP contribution in [0.4, 0.5) is 10.1 Å². The van der Waals surface area contributed by atoms with Crippen molar-refractivity contribution in [2.24, 2.45) is 0 Å². The number of nitrogens with one attached hydrogen (secondary N) is 3. The topological polar surface area (TPSA) is 56.4 Å². The van der Waals surface area contributed by atoms with E-state index in [9.17, 15) is 9.18 Å². The maximum absolute atomic E-state index is 14.0. The fraction of sp³-hybridized carbons (Fsp3) is 0.650. The first kappa shape index (κ1) is 17.7. The Morgan fingerprint density at radius 3 is 2.85 bits per heavy atom. The molecule has 3 N–H and O–H groups in total. The largest absolute Gasteiger partial charge is 0.373 e. The molecule has 3 atom stereocenters. The van der Waals surface area contributed by atoms with Gasteiger partial charge in [0, 0.05) is 55.9 Å². The molecule has 2 fully saturated rings. The quantitative estimate of drug-likeness (QED) is 0.769. The van der Waals surface area contributed by atoms with Crippen molar-refractivity contribution in [3.63, 3.8) is 0 Å². The molecule has 1 unspecified atom stereocenters. The molecule has 1 aromatic carbocycles. The van der Waals surface area contributed by atoms with Crippen LogP contribution in [-0.2, 0) is 11.2 Å². The number of amides is 1. The van der Waals surface area contributed by atoms with Gasteiger partial charge in [0.1, 0.15) is 11.9 Å². The van der Waals surface area contributed by atoms with Crippen LogP contribution in [0.5, 0.6) is 0 Å². The molecule has 1 aromatic rings. The minimum Gasteiger partial charge on any atom is -0.373 e. The van der Waals surface area contributed by atoms with Crippen molar-refractivity contribution in [2.45, 2.75) is 57.2 Å². The lowest BCUT2D eigenvalue weighted by Crippen LogP contribution is -2.53. The fourth-order valence-electron chi connectivity index (χ4n) is 4.70. The van der Waals surface area contributed by atoms with Gasteiger partial charge in [-0.25, -0.2) is 4.39 Å². The summed E-state index contributed by atoms with van der Waals surface area (Å²) in [5.41, 5.74) is 2.44. The second-order valence-corrected chi connectivity index (χ2v) is 7.93. The van der Waals surface area contributed by atoms with Crippen molar-refractivity contribution in [3.8, 4) is 0 Å². The number of benzene rings is 1. The lowest BCUT2D eigenvalue weighted by molar-refractivity contribution is -0.122. The summed E-state index contributed by atoms with van der Waals surface area (Å²) in [4.78, 5) is 15.3. The Hall–Kier alpha value is -1.66. The fourth-order valence-corrected chi connectivity index (χ4v) is 4.70. The van der Waals surface area contributed by atoms with Gasteiger partial charge >= 0.3 is 0 Å². The molecule has 1 saturated heterocycles. The molecule has 6 heteroatoms. The third-order valence-electron chi connectivity index (χ3n) is 6.17. The van der Waals surface area contributed by atoms with E-state index in [0.29, 0.717) is 18.0 Å². The zero-order valence-electron chi connectivity index (χ0n) is 15.5. The minimum absolute atomic E-state index is 0.00552. The van der Waals surface area contributed by atoms with Crippen LogP contribution in [0.15, 0.2) is 12.1 Å².